The number of aryl methyl sites for hydroxylation is 1. The molecule has 0 heterocycles. The summed E-state index contributed by atoms with van der Waals surface area (Å²) < 4.78 is 37.7. The van der Waals surface area contributed by atoms with Crippen molar-refractivity contribution in [1.29, 1.82) is 0 Å². The van der Waals surface area contributed by atoms with Crippen molar-refractivity contribution in [1.82, 2.24) is 4.72 Å². The van der Waals surface area contributed by atoms with Gasteiger partial charge in [0, 0.05) is 24.9 Å². The number of anilines is 1. The van der Waals surface area contributed by atoms with E-state index in [1.807, 2.05) is 32.0 Å². The molecule has 0 aromatic heterocycles. The lowest BCUT2D eigenvalue weighted by Crippen LogP contribution is -2.27. The topological polar surface area (TPSA) is 93.7 Å². The van der Waals surface area contributed by atoms with E-state index >= 15 is 0 Å². The number of sulfonamides is 1. The van der Waals surface area contributed by atoms with Gasteiger partial charge in [-0.05, 0) is 56.2 Å². The van der Waals surface area contributed by atoms with E-state index in [0.717, 1.165) is 5.56 Å². The molecule has 2 rings (SSSR count). The minimum absolute atomic E-state index is 0.0310. The molecule has 0 unspecified atom stereocenters. The SMILES string of the molecule is COCCNS(=O)(=O)c1ccc(C)c(C(=O)Nc2cccc(COC(C)C)c2)c1. The molecule has 0 saturated carbocycles. The monoisotopic (exact) mass is 420 g/mol. The van der Waals surface area contributed by atoms with E-state index < -0.39 is 10.0 Å². The lowest BCUT2D eigenvalue weighted by Gasteiger charge is -2.12. The third-order valence-electron chi connectivity index (χ3n) is 4.13. The second kappa shape index (κ2) is 10.5. The summed E-state index contributed by atoms with van der Waals surface area (Å²) in [5, 5.41) is 2.83. The molecule has 0 aliphatic rings. The second-order valence-corrected chi connectivity index (χ2v) is 8.65. The van der Waals surface area contributed by atoms with Crippen molar-refractivity contribution < 1.29 is 22.7 Å². The fraction of sp³-hybridized carbons (Fsp3) is 0.381. The predicted octanol–water partition coefficient (Wildman–Crippen LogP) is 3.10. The van der Waals surface area contributed by atoms with Crippen LogP contribution in [0.15, 0.2) is 47.4 Å². The number of methoxy groups -OCH3 is 1. The van der Waals surface area contributed by atoms with Gasteiger partial charge < -0.3 is 14.8 Å². The maximum atomic E-state index is 12.8. The van der Waals surface area contributed by atoms with Crippen molar-refractivity contribution in [2.24, 2.45) is 0 Å². The maximum absolute atomic E-state index is 12.8. The summed E-state index contributed by atoms with van der Waals surface area (Å²) >= 11 is 0. The van der Waals surface area contributed by atoms with Crippen molar-refractivity contribution in [3.8, 4) is 0 Å². The molecule has 0 radical (unpaired) electrons. The molecule has 0 spiro atoms. The highest BCUT2D eigenvalue weighted by atomic mass is 32.2. The summed E-state index contributed by atoms with van der Waals surface area (Å²) in [6.07, 6.45) is 0.109. The van der Waals surface area contributed by atoms with Gasteiger partial charge in [-0.2, -0.15) is 0 Å². The summed E-state index contributed by atoms with van der Waals surface area (Å²) in [5.41, 5.74) is 2.53. The molecule has 2 aromatic carbocycles. The predicted molar refractivity (Wildman–Crippen MR) is 113 cm³/mol. The Morgan fingerprint density at radius 2 is 1.90 bits per heavy atom. The quantitative estimate of drug-likeness (QED) is 0.576. The second-order valence-electron chi connectivity index (χ2n) is 6.88. The van der Waals surface area contributed by atoms with Gasteiger partial charge in [-0.15, -0.1) is 0 Å². The fourth-order valence-electron chi connectivity index (χ4n) is 2.57. The smallest absolute Gasteiger partial charge is 0.255 e. The van der Waals surface area contributed by atoms with Crippen LogP contribution in [0.3, 0.4) is 0 Å². The zero-order valence-electron chi connectivity index (χ0n) is 17.2. The maximum Gasteiger partial charge on any atom is 0.255 e. The Morgan fingerprint density at radius 3 is 2.59 bits per heavy atom. The lowest BCUT2D eigenvalue weighted by molar-refractivity contribution is 0.0657. The van der Waals surface area contributed by atoms with Gasteiger partial charge in [0.15, 0.2) is 0 Å². The average Bonchev–Trinajstić information content (AvgIpc) is 2.67. The van der Waals surface area contributed by atoms with Crippen molar-refractivity contribution in [2.75, 3.05) is 25.6 Å². The largest absolute Gasteiger partial charge is 0.383 e. The van der Waals surface area contributed by atoms with Gasteiger partial charge in [0.05, 0.1) is 24.2 Å². The normalized spacial score (nSPS) is 11.6. The van der Waals surface area contributed by atoms with Crippen LogP contribution in [0.2, 0.25) is 0 Å². The highest BCUT2D eigenvalue weighted by Crippen LogP contribution is 2.19. The van der Waals surface area contributed by atoms with Crippen LogP contribution in [0.4, 0.5) is 5.69 Å². The first kappa shape index (κ1) is 23.0. The van der Waals surface area contributed by atoms with Gasteiger partial charge in [0.1, 0.15) is 0 Å². The molecule has 0 aliphatic carbocycles. The first-order valence-corrected chi connectivity index (χ1v) is 10.8. The van der Waals surface area contributed by atoms with Crippen molar-refractivity contribution in [3.63, 3.8) is 0 Å². The number of benzene rings is 2. The van der Waals surface area contributed by atoms with E-state index in [4.69, 9.17) is 9.47 Å². The van der Waals surface area contributed by atoms with E-state index in [9.17, 15) is 13.2 Å². The number of hydrogen-bond donors (Lipinski definition) is 2. The Labute approximate surface area is 172 Å². The molecule has 158 valence electrons. The number of nitrogens with one attached hydrogen (secondary N) is 2. The van der Waals surface area contributed by atoms with Gasteiger partial charge >= 0.3 is 0 Å². The molecule has 8 heteroatoms. The Balaban J connectivity index is 2.18. The highest BCUT2D eigenvalue weighted by molar-refractivity contribution is 7.89. The van der Waals surface area contributed by atoms with Crippen molar-refractivity contribution in [3.05, 3.63) is 59.2 Å². The minimum atomic E-state index is -3.73. The third kappa shape index (κ3) is 6.93. The summed E-state index contributed by atoms with van der Waals surface area (Å²) in [4.78, 5) is 12.8. The molecule has 0 bridgehead atoms. The van der Waals surface area contributed by atoms with Crippen molar-refractivity contribution in [2.45, 2.75) is 38.4 Å². The molecule has 2 N–H and O–H groups in total. The van der Waals surface area contributed by atoms with Crippen LogP contribution in [0.5, 0.6) is 0 Å². The van der Waals surface area contributed by atoms with Crippen LogP contribution in [-0.4, -0.2) is 40.7 Å². The number of ether oxygens (including phenoxy) is 2. The summed E-state index contributed by atoms with van der Waals surface area (Å²) in [6, 6.07) is 11.8. The van der Waals surface area contributed by atoms with E-state index in [1.165, 1.54) is 19.2 Å². The molecular weight excluding hydrogens is 392 g/mol. The highest BCUT2D eigenvalue weighted by Gasteiger charge is 2.18. The molecule has 29 heavy (non-hydrogen) atoms. The summed E-state index contributed by atoms with van der Waals surface area (Å²) in [6.45, 7) is 6.53. The van der Waals surface area contributed by atoms with Gasteiger partial charge in [-0.3, -0.25) is 4.79 Å². The van der Waals surface area contributed by atoms with Gasteiger partial charge in [0.25, 0.3) is 5.91 Å². The standard InChI is InChI=1S/C21H28N2O5S/c1-15(2)28-14-17-6-5-7-18(12-17)23-21(24)20-13-19(9-8-16(20)3)29(25,26)22-10-11-27-4/h5-9,12-13,15,22H,10-11,14H2,1-4H3,(H,23,24). The van der Waals surface area contributed by atoms with Crippen LogP contribution in [0.25, 0.3) is 0 Å². The lowest BCUT2D eigenvalue weighted by atomic mass is 10.1. The van der Waals surface area contributed by atoms with E-state index in [-0.39, 0.29) is 30.1 Å². The molecule has 0 atom stereocenters. The number of carbonyl (C=O) groups is 1. The number of amides is 1. The zero-order valence-corrected chi connectivity index (χ0v) is 18.0. The Hall–Kier alpha value is -2.26. The Morgan fingerprint density at radius 1 is 1.14 bits per heavy atom. The van der Waals surface area contributed by atoms with Crippen LogP contribution in [0, 0.1) is 6.92 Å². The fourth-order valence-corrected chi connectivity index (χ4v) is 3.61. The van der Waals surface area contributed by atoms with Crippen LogP contribution >= 0.6 is 0 Å². The molecule has 1 amide bonds. The molecule has 0 aliphatic heterocycles. The van der Waals surface area contributed by atoms with Crippen LogP contribution < -0.4 is 10.0 Å². The van der Waals surface area contributed by atoms with Crippen LogP contribution in [-0.2, 0) is 26.1 Å². The molecule has 7 nitrogen and oxygen atoms in total. The van der Waals surface area contributed by atoms with Gasteiger partial charge in [0.2, 0.25) is 10.0 Å². The average molecular weight is 421 g/mol. The van der Waals surface area contributed by atoms with E-state index in [1.54, 1.807) is 19.1 Å². The number of carbonyl (C=O) groups excluding carboxylic acids is 1. The van der Waals surface area contributed by atoms with Gasteiger partial charge in [-0.25, -0.2) is 13.1 Å². The molecule has 0 saturated heterocycles. The third-order valence-corrected chi connectivity index (χ3v) is 5.59. The molecular formula is C21H28N2O5S. The van der Waals surface area contributed by atoms with Crippen LogP contribution in [0.1, 0.15) is 35.3 Å². The van der Waals surface area contributed by atoms with Gasteiger partial charge in [-0.1, -0.05) is 18.2 Å². The number of rotatable bonds is 10. The van der Waals surface area contributed by atoms with E-state index in [0.29, 0.717) is 23.4 Å². The first-order chi connectivity index (χ1) is 13.7. The summed E-state index contributed by atoms with van der Waals surface area (Å²) in [5.74, 6) is -0.377. The Kier molecular flexibility index (Phi) is 8.33. The Bertz CT molecular complexity index is 942. The molecule has 2 aromatic rings. The van der Waals surface area contributed by atoms with Crippen molar-refractivity contribution >= 4 is 21.6 Å². The zero-order chi connectivity index (χ0) is 21.4. The number of hydrogen-bond acceptors (Lipinski definition) is 5. The summed E-state index contributed by atoms with van der Waals surface area (Å²) in [7, 11) is -2.23. The molecule has 0 fully saturated rings. The van der Waals surface area contributed by atoms with E-state index in [2.05, 4.69) is 10.0 Å². The first-order valence-electron chi connectivity index (χ1n) is 9.34. The minimum Gasteiger partial charge on any atom is -0.383 e.